The maximum atomic E-state index is 10.9. The summed E-state index contributed by atoms with van der Waals surface area (Å²) < 4.78 is 4.92. The second-order valence-corrected chi connectivity index (χ2v) is 3.83. The summed E-state index contributed by atoms with van der Waals surface area (Å²) >= 11 is 3.21. The van der Waals surface area contributed by atoms with Crippen LogP contribution in [0, 0.1) is 10.1 Å². The predicted molar refractivity (Wildman–Crippen MR) is 63.6 cm³/mol. The predicted octanol–water partition coefficient (Wildman–Crippen LogP) is 2.13. The van der Waals surface area contributed by atoms with Gasteiger partial charge in [0.15, 0.2) is 5.75 Å². The van der Waals surface area contributed by atoms with E-state index in [1.165, 1.54) is 19.2 Å². The third-order valence-corrected chi connectivity index (χ3v) is 2.76. The Hall–Kier alpha value is -1.63. The largest absolute Gasteiger partial charge is 0.490 e. The summed E-state index contributed by atoms with van der Waals surface area (Å²) in [5, 5.41) is 20.1. The van der Waals surface area contributed by atoms with Crippen molar-refractivity contribution in [2.45, 2.75) is 11.8 Å². The lowest BCUT2D eigenvalue weighted by molar-refractivity contribution is -0.386. The van der Waals surface area contributed by atoms with E-state index >= 15 is 0 Å². The van der Waals surface area contributed by atoms with Crippen LogP contribution in [0.15, 0.2) is 12.1 Å². The van der Waals surface area contributed by atoms with Gasteiger partial charge >= 0.3 is 11.7 Å². The summed E-state index contributed by atoms with van der Waals surface area (Å²) in [6.45, 7) is 0. The van der Waals surface area contributed by atoms with Crippen molar-refractivity contribution in [3.05, 3.63) is 33.4 Å². The summed E-state index contributed by atoms with van der Waals surface area (Å²) in [6, 6.07) is 3.00. The number of rotatable bonds is 5. The standard InChI is InChI=1S/C10H10BrNO5/c1-17-8-3-6(5-11)2-7(4-9(13)14)10(8)12(15)16/h2-3H,4-5H2,1H3,(H,13,14). The molecule has 0 aromatic heterocycles. The molecule has 0 bridgehead atoms. The lowest BCUT2D eigenvalue weighted by Crippen LogP contribution is -2.06. The Morgan fingerprint density at radius 3 is 2.65 bits per heavy atom. The number of nitrogens with zero attached hydrogens (tertiary/aromatic N) is 1. The molecule has 1 aromatic rings. The maximum Gasteiger partial charge on any atom is 0.314 e. The summed E-state index contributed by atoms with van der Waals surface area (Å²) in [5.41, 5.74) is 0.569. The van der Waals surface area contributed by atoms with Crippen LogP contribution in [0.4, 0.5) is 5.69 Å². The fourth-order valence-electron chi connectivity index (χ4n) is 1.47. The first-order chi connectivity index (χ1) is 7.99. The van der Waals surface area contributed by atoms with Crippen molar-refractivity contribution in [1.29, 1.82) is 0 Å². The molecule has 0 unspecified atom stereocenters. The lowest BCUT2D eigenvalue weighted by atomic mass is 10.1. The van der Waals surface area contributed by atoms with Crippen LogP contribution in [-0.2, 0) is 16.5 Å². The summed E-state index contributed by atoms with van der Waals surface area (Å²) in [7, 11) is 1.31. The van der Waals surface area contributed by atoms with Gasteiger partial charge in [-0.25, -0.2) is 0 Å². The molecule has 92 valence electrons. The van der Waals surface area contributed by atoms with Crippen LogP contribution in [0.5, 0.6) is 5.75 Å². The molecule has 0 fully saturated rings. The monoisotopic (exact) mass is 303 g/mol. The van der Waals surface area contributed by atoms with Gasteiger partial charge in [-0.05, 0) is 17.7 Å². The molecule has 0 saturated heterocycles. The number of carboxylic acid groups (broad SMARTS) is 1. The number of methoxy groups -OCH3 is 1. The van der Waals surface area contributed by atoms with Gasteiger partial charge in [0, 0.05) is 10.9 Å². The normalized spacial score (nSPS) is 10.0. The van der Waals surface area contributed by atoms with E-state index in [9.17, 15) is 14.9 Å². The number of aliphatic carboxylic acids is 1. The molecule has 7 heteroatoms. The molecule has 0 amide bonds. The van der Waals surface area contributed by atoms with Gasteiger partial charge in [0.2, 0.25) is 0 Å². The number of nitro benzene ring substituents is 1. The molecule has 1 rings (SSSR count). The van der Waals surface area contributed by atoms with Gasteiger partial charge in [0.05, 0.1) is 18.5 Å². The Labute approximate surface area is 105 Å². The number of ether oxygens (including phenoxy) is 1. The zero-order chi connectivity index (χ0) is 13.0. The van der Waals surface area contributed by atoms with Gasteiger partial charge in [0.1, 0.15) is 0 Å². The highest BCUT2D eigenvalue weighted by Gasteiger charge is 2.23. The number of hydrogen-bond donors (Lipinski definition) is 1. The first-order valence-corrected chi connectivity index (χ1v) is 5.73. The maximum absolute atomic E-state index is 10.9. The first-order valence-electron chi connectivity index (χ1n) is 4.61. The van der Waals surface area contributed by atoms with E-state index in [-0.39, 0.29) is 17.0 Å². The minimum Gasteiger partial charge on any atom is -0.490 e. The van der Waals surface area contributed by atoms with Crippen molar-refractivity contribution in [3.63, 3.8) is 0 Å². The number of alkyl halides is 1. The van der Waals surface area contributed by atoms with Crippen molar-refractivity contribution in [2.75, 3.05) is 7.11 Å². The van der Waals surface area contributed by atoms with E-state index in [0.717, 1.165) is 5.56 Å². The van der Waals surface area contributed by atoms with Gasteiger partial charge in [0.25, 0.3) is 0 Å². The Morgan fingerprint density at radius 2 is 2.24 bits per heavy atom. The van der Waals surface area contributed by atoms with Crippen molar-refractivity contribution in [2.24, 2.45) is 0 Å². The number of carboxylic acids is 1. The number of carbonyl (C=O) groups is 1. The van der Waals surface area contributed by atoms with Crippen LogP contribution >= 0.6 is 15.9 Å². The van der Waals surface area contributed by atoms with E-state index < -0.39 is 17.3 Å². The van der Waals surface area contributed by atoms with E-state index in [2.05, 4.69) is 15.9 Å². The molecule has 17 heavy (non-hydrogen) atoms. The molecule has 0 saturated carbocycles. The number of halogens is 1. The second kappa shape index (κ2) is 5.62. The zero-order valence-electron chi connectivity index (χ0n) is 8.97. The van der Waals surface area contributed by atoms with Crippen molar-refractivity contribution in [3.8, 4) is 5.75 Å². The highest BCUT2D eigenvalue weighted by atomic mass is 79.9. The zero-order valence-corrected chi connectivity index (χ0v) is 10.6. The fraction of sp³-hybridized carbons (Fsp3) is 0.300. The van der Waals surface area contributed by atoms with Crippen LogP contribution < -0.4 is 4.74 Å². The molecule has 0 spiro atoms. The van der Waals surface area contributed by atoms with Crippen LogP contribution in [0.3, 0.4) is 0 Å². The van der Waals surface area contributed by atoms with Crippen molar-refractivity contribution < 1.29 is 19.6 Å². The van der Waals surface area contributed by atoms with E-state index in [4.69, 9.17) is 9.84 Å². The molecule has 1 aromatic carbocycles. The number of nitro groups is 1. The highest BCUT2D eigenvalue weighted by molar-refractivity contribution is 9.08. The Balaban J connectivity index is 3.40. The molecule has 0 heterocycles. The third-order valence-electron chi connectivity index (χ3n) is 2.11. The van der Waals surface area contributed by atoms with Crippen LogP contribution in [-0.4, -0.2) is 23.1 Å². The second-order valence-electron chi connectivity index (χ2n) is 3.27. The third kappa shape index (κ3) is 3.16. The van der Waals surface area contributed by atoms with Crippen molar-refractivity contribution >= 4 is 27.6 Å². The minimum atomic E-state index is -1.12. The average Bonchev–Trinajstić information content (AvgIpc) is 2.26. The summed E-state index contributed by atoms with van der Waals surface area (Å²) in [4.78, 5) is 20.9. The number of hydrogen-bond acceptors (Lipinski definition) is 4. The van der Waals surface area contributed by atoms with E-state index in [0.29, 0.717) is 5.33 Å². The average molecular weight is 304 g/mol. The molecule has 6 nitrogen and oxygen atoms in total. The smallest absolute Gasteiger partial charge is 0.314 e. The lowest BCUT2D eigenvalue weighted by Gasteiger charge is -2.08. The molecule has 0 atom stereocenters. The Bertz CT molecular complexity index is 460. The molecular weight excluding hydrogens is 294 g/mol. The topological polar surface area (TPSA) is 89.7 Å². The highest BCUT2D eigenvalue weighted by Crippen LogP contribution is 2.33. The van der Waals surface area contributed by atoms with Gasteiger partial charge in [-0.15, -0.1) is 0 Å². The minimum absolute atomic E-state index is 0.0724. The first kappa shape index (κ1) is 13.4. The van der Waals surface area contributed by atoms with Crippen LogP contribution in [0.1, 0.15) is 11.1 Å². The molecule has 0 aliphatic rings. The van der Waals surface area contributed by atoms with Gasteiger partial charge in [-0.3, -0.25) is 14.9 Å². The molecule has 0 aliphatic carbocycles. The van der Waals surface area contributed by atoms with Crippen LogP contribution in [0.2, 0.25) is 0 Å². The van der Waals surface area contributed by atoms with Gasteiger partial charge in [-0.2, -0.15) is 0 Å². The van der Waals surface area contributed by atoms with E-state index in [1.807, 2.05) is 0 Å². The van der Waals surface area contributed by atoms with Gasteiger partial charge < -0.3 is 9.84 Å². The molecule has 1 N–H and O–H groups in total. The van der Waals surface area contributed by atoms with E-state index in [1.54, 1.807) is 0 Å². The van der Waals surface area contributed by atoms with Gasteiger partial charge in [-0.1, -0.05) is 15.9 Å². The van der Waals surface area contributed by atoms with Crippen molar-refractivity contribution in [1.82, 2.24) is 0 Å². The molecule has 0 aliphatic heterocycles. The van der Waals surface area contributed by atoms with Crippen LogP contribution in [0.25, 0.3) is 0 Å². The fourth-order valence-corrected chi connectivity index (χ4v) is 1.79. The SMILES string of the molecule is COc1cc(CBr)cc(CC(=O)O)c1[N+](=O)[O-]. The Morgan fingerprint density at radius 1 is 1.59 bits per heavy atom. The number of benzene rings is 1. The quantitative estimate of drug-likeness (QED) is 0.511. The molecular formula is C10H10BrNO5. The summed E-state index contributed by atoms with van der Waals surface area (Å²) in [5.74, 6) is -1.05. The summed E-state index contributed by atoms with van der Waals surface area (Å²) in [6.07, 6.45) is -0.409. The Kier molecular flexibility index (Phi) is 4.45. The molecule has 0 radical (unpaired) electrons.